The summed E-state index contributed by atoms with van der Waals surface area (Å²) in [4.78, 5) is 30.8. The van der Waals surface area contributed by atoms with Gasteiger partial charge in [-0.3, -0.25) is 9.59 Å². The number of carbonyl (C=O) groups excluding carboxylic acids is 2. The van der Waals surface area contributed by atoms with E-state index in [0.29, 0.717) is 17.1 Å². The molecule has 3 aromatic rings. The summed E-state index contributed by atoms with van der Waals surface area (Å²) < 4.78 is 14.5. The molecule has 7 heteroatoms. The van der Waals surface area contributed by atoms with Crippen LogP contribution in [0.4, 0.5) is 15.9 Å². The predicted octanol–water partition coefficient (Wildman–Crippen LogP) is 3.74. The van der Waals surface area contributed by atoms with Gasteiger partial charge in [0, 0.05) is 34.9 Å². The number of rotatable bonds is 3. The maximum absolute atomic E-state index is 13.5. The molecular formula is C19H16FN3O2S. The Morgan fingerprint density at radius 1 is 1.35 bits per heavy atom. The summed E-state index contributed by atoms with van der Waals surface area (Å²) in [6.45, 7) is 1.92. The van der Waals surface area contributed by atoms with Crippen LogP contribution in [-0.2, 0) is 9.59 Å². The number of aryl methyl sites for hydroxylation is 1. The minimum atomic E-state index is -0.469. The van der Waals surface area contributed by atoms with Gasteiger partial charge in [-0.15, -0.1) is 11.3 Å². The monoisotopic (exact) mass is 369 g/mol. The highest BCUT2D eigenvalue weighted by molar-refractivity contribution is 7.17. The molecule has 1 N–H and O–H groups in total. The lowest BCUT2D eigenvalue weighted by Gasteiger charge is -2.17. The van der Waals surface area contributed by atoms with Gasteiger partial charge in [0.15, 0.2) is 0 Å². The summed E-state index contributed by atoms with van der Waals surface area (Å²) in [5.41, 5.74) is 1.08. The average Bonchev–Trinajstić information content (AvgIpc) is 3.24. The van der Waals surface area contributed by atoms with Crippen molar-refractivity contribution in [2.24, 2.45) is 5.92 Å². The first-order valence-corrected chi connectivity index (χ1v) is 9.10. The Morgan fingerprint density at radius 2 is 2.19 bits per heavy atom. The number of benzene rings is 1. The third kappa shape index (κ3) is 2.94. The van der Waals surface area contributed by atoms with Crippen molar-refractivity contribution in [3.63, 3.8) is 0 Å². The Kier molecular flexibility index (Phi) is 4.16. The van der Waals surface area contributed by atoms with Crippen molar-refractivity contribution >= 4 is 44.7 Å². The van der Waals surface area contributed by atoms with Gasteiger partial charge in [-0.2, -0.15) is 0 Å². The molecule has 1 aliphatic heterocycles. The number of hydrogen-bond acceptors (Lipinski definition) is 4. The number of nitrogens with zero attached hydrogens (tertiary/aromatic N) is 2. The molecular weight excluding hydrogens is 353 g/mol. The molecule has 0 spiro atoms. The van der Waals surface area contributed by atoms with Crippen molar-refractivity contribution < 1.29 is 14.0 Å². The average molecular weight is 369 g/mol. The number of thiophene rings is 1. The highest BCUT2D eigenvalue weighted by atomic mass is 32.1. The number of aromatic nitrogens is 1. The number of hydrogen-bond donors (Lipinski definition) is 1. The number of carbonyl (C=O) groups is 2. The summed E-state index contributed by atoms with van der Waals surface area (Å²) in [5, 5.41) is 5.68. The van der Waals surface area contributed by atoms with Gasteiger partial charge in [0.2, 0.25) is 11.8 Å². The van der Waals surface area contributed by atoms with E-state index in [1.54, 1.807) is 36.6 Å². The van der Waals surface area contributed by atoms with Gasteiger partial charge in [-0.25, -0.2) is 9.37 Å². The van der Waals surface area contributed by atoms with Crippen LogP contribution >= 0.6 is 11.3 Å². The molecule has 1 atom stereocenters. The van der Waals surface area contributed by atoms with E-state index in [-0.39, 0.29) is 30.6 Å². The first kappa shape index (κ1) is 16.7. The molecule has 0 radical (unpaired) electrons. The first-order chi connectivity index (χ1) is 12.5. The molecule has 2 aromatic heterocycles. The third-order valence-electron chi connectivity index (χ3n) is 4.57. The summed E-state index contributed by atoms with van der Waals surface area (Å²) in [6, 6.07) is 8.34. The standard InChI is InChI=1S/C19H16FN3O2S/c1-11-8-13(2-3-15(11)20)23-10-12(9-17(23)24)19(25)22-18-14-5-7-26-16(14)4-6-21-18/h2-8,12H,9-10H2,1H3,(H,21,22,25)/t12-/m1/s1. The molecule has 0 bridgehead atoms. The van der Waals surface area contributed by atoms with E-state index in [2.05, 4.69) is 10.3 Å². The Bertz CT molecular complexity index is 1020. The van der Waals surface area contributed by atoms with E-state index in [9.17, 15) is 14.0 Å². The van der Waals surface area contributed by atoms with Crippen LogP contribution in [0.2, 0.25) is 0 Å². The highest BCUT2D eigenvalue weighted by Gasteiger charge is 2.35. The van der Waals surface area contributed by atoms with E-state index in [1.165, 1.54) is 11.0 Å². The van der Waals surface area contributed by atoms with E-state index in [0.717, 1.165) is 10.1 Å². The number of fused-ring (bicyclic) bond motifs is 1. The second kappa shape index (κ2) is 6.49. The number of halogens is 1. The molecule has 1 saturated heterocycles. The molecule has 1 aromatic carbocycles. The molecule has 4 rings (SSSR count). The Hall–Kier alpha value is -2.80. The van der Waals surface area contributed by atoms with Gasteiger partial charge in [-0.05, 0) is 48.2 Å². The fraction of sp³-hybridized carbons (Fsp3) is 0.211. The predicted molar refractivity (Wildman–Crippen MR) is 99.8 cm³/mol. The van der Waals surface area contributed by atoms with Crippen LogP contribution in [0.25, 0.3) is 10.1 Å². The van der Waals surface area contributed by atoms with Crippen molar-refractivity contribution in [2.45, 2.75) is 13.3 Å². The zero-order valence-corrected chi connectivity index (χ0v) is 14.8. The molecule has 0 aliphatic carbocycles. The van der Waals surface area contributed by atoms with Crippen LogP contribution in [0.1, 0.15) is 12.0 Å². The topological polar surface area (TPSA) is 62.3 Å². The summed E-state index contributed by atoms with van der Waals surface area (Å²) in [7, 11) is 0. The molecule has 2 amide bonds. The van der Waals surface area contributed by atoms with Crippen LogP contribution in [0.5, 0.6) is 0 Å². The lowest BCUT2D eigenvalue weighted by Crippen LogP contribution is -2.28. The molecule has 0 saturated carbocycles. The van der Waals surface area contributed by atoms with Crippen molar-refractivity contribution in [2.75, 3.05) is 16.8 Å². The van der Waals surface area contributed by atoms with Crippen LogP contribution < -0.4 is 10.2 Å². The van der Waals surface area contributed by atoms with Crippen molar-refractivity contribution in [1.82, 2.24) is 4.98 Å². The molecule has 1 fully saturated rings. The maximum atomic E-state index is 13.5. The van der Waals surface area contributed by atoms with Gasteiger partial charge >= 0.3 is 0 Å². The molecule has 132 valence electrons. The normalized spacial score (nSPS) is 17.1. The van der Waals surface area contributed by atoms with Crippen LogP contribution in [0.15, 0.2) is 41.9 Å². The highest BCUT2D eigenvalue weighted by Crippen LogP contribution is 2.29. The molecule has 5 nitrogen and oxygen atoms in total. The number of nitrogens with one attached hydrogen (secondary N) is 1. The maximum Gasteiger partial charge on any atom is 0.230 e. The zero-order chi connectivity index (χ0) is 18.3. The second-order valence-electron chi connectivity index (χ2n) is 6.32. The summed E-state index contributed by atoms with van der Waals surface area (Å²) in [6.07, 6.45) is 1.78. The Morgan fingerprint density at radius 3 is 3.00 bits per heavy atom. The largest absolute Gasteiger partial charge is 0.312 e. The fourth-order valence-electron chi connectivity index (χ4n) is 3.14. The van der Waals surface area contributed by atoms with Gasteiger partial charge in [0.05, 0.1) is 5.92 Å². The smallest absolute Gasteiger partial charge is 0.230 e. The van der Waals surface area contributed by atoms with E-state index >= 15 is 0 Å². The minimum absolute atomic E-state index is 0.127. The molecule has 1 aliphatic rings. The molecule has 0 unspecified atom stereocenters. The summed E-state index contributed by atoms with van der Waals surface area (Å²) in [5.74, 6) is -0.644. The first-order valence-electron chi connectivity index (χ1n) is 8.22. The third-order valence-corrected chi connectivity index (χ3v) is 5.45. The zero-order valence-electron chi connectivity index (χ0n) is 14.0. The van der Waals surface area contributed by atoms with E-state index in [4.69, 9.17) is 0 Å². The van der Waals surface area contributed by atoms with Crippen molar-refractivity contribution in [1.29, 1.82) is 0 Å². The fourth-order valence-corrected chi connectivity index (χ4v) is 3.92. The van der Waals surface area contributed by atoms with E-state index in [1.807, 2.05) is 17.5 Å². The Labute approximate surface area is 153 Å². The number of anilines is 2. The molecule has 3 heterocycles. The quantitative estimate of drug-likeness (QED) is 0.765. The number of amides is 2. The van der Waals surface area contributed by atoms with Crippen LogP contribution in [-0.4, -0.2) is 23.3 Å². The van der Waals surface area contributed by atoms with E-state index < -0.39 is 5.92 Å². The van der Waals surface area contributed by atoms with Gasteiger partial charge in [-0.1, -0.05) is 0 Å². The van der Waals surface area contributed by atoms with Gasteiger partial charge in [0.25, 0.3) is 0 Å². The van der Waals surface area contributed by atoms with Gasteiger partial charge < -0.3 is 10.2 Å². The lowest BCUT2D eigenvalue weighted by molar-refractivity contribution is -0.122. The summed E-state index contributed by atoms with van der Waals surface area (Å²) >= 11 is 1.58. The SMILES string of the molecule is Cc1cc(N2C[C@H](C(=O)Nc3nccc4sccc34)CC2=O)ccc1F. The van der Waals surface area contributed by atoms with Crippen molar-refractivity contribution in [3.05, 3.63) is 53.3 Å². The molecule has 26 heavy (non-hydrogen) atoms. The van der Waals surface area contributed by atoms with Crippen LogP contribution in [0, 0.1) is 18.7 Å². The second-order valence-corrected chi connectivity index (χ2v) is 7.27. The van der Waals surface area contributed by atoms with Crippen LogP contribution in [0.3, 0.4) is 0 Å². The lowest BCUT2D eigenvalue weighted by atomic mass is 10.1. The number of pyridine rings is 1. The minimum Gasteiger partial charge on any atom is -0.312 e. The Balaban J connectivity index is 1.52. The van der Waals surface area contributed by atoms with Crippen molar-refractivity contribution in [3.8, 4) is 0 Å². The van der Waals surface area contributed by atoms with Gasteiger partial charge in [0.1, 0.15) is 11.6 Å².